The molecular formula is C14H18Cl2N6O. The van der Waals surface area contributed by atoms with Crippen LogP contribution in [0.1, 0.15) is 0 Å². The summed E-state index contributed by atoms with van der Waals surface area (Å²) in [4.78, 5) is 18.6. The van der Waals surface area contributed by atoms with Gasteiger partial charge in [-0.1, -0.05) is 11.6 Å². The minimum absolute atomic E-state index is 0. The second kappa shape index (κ2) is 7.63. The second-order valence-electron chi connectivity index (χ2n) is 5.07. The van der Waals surface area contributed by atoms with E-state index in [1.807, 2.05) is 12.1 Å². The lowest BCUT2D eigenvalue weighted by atomic mass is 10.3. The van der Waals surface area contributed by atoms with Crippen molar-refractivity contribution in [3.05, 3.63) is 39.9 Å². The molecule has 9 heteroatoms. The predicted molar refractivity (Wildman–Crippen MR) is 94.3 cm³/mol. The number of piperazine rings is 1. The van der Waals surface area contributed by atoms with Gasteiger partial charge in [-0.3, -0.25) is 4.79 Å². The van der Waals surface area contributed by atoms with Crippen LogP contribution in [0.3, 0.4) is 0 Å². The van der Waals surface area contributed by atoms with Crippen molar-refractivity contribution in [3.8, 4) is 0 Å². The summed E-state index contributed by atoms with van der Waals surface area (Å²) in [5, 5.41) is 10.4. The Morgan fingerprint density at radius 1 is 1.30 bits per heavy atom. The Balaban J connectivity index is 0.00000192. The van der Waals surface area contributed by atoms with Crippen LogP contribution in [-0.4, -0.2) is 40.9 Å². The van der Waals surface area contributed by atoms with E-state index in [2.05, 4.69) is 25.6 Å². The fourth-order valence-electron chi connectivity index (χ4n) is 2.37. The van der Waals surface area contributed by atoms with Crippen molar-refractivity contribution in [3.63, 3.8) is 0 Å². The Morgan fingerprint density at radius 3 is 2.70 bits per heavy atom. The molecule has 0 amide bonds. The van der Waals surface area contributed by atoms with Crippen molar-refractivity contribution in [1.82, 2.24) is 20.1 Å². The van der Waals surface area contributed by atoms with Gasteiger partial charge in [0.05, 0.1) is 11.9 Å². The van der Waals surface area contributed by atoms with Crippen molar-refractivity contribution in [2.45, 2.75) is 0 Å². The molecule has 2 N–H and O–H groups in total. The maximum atomic E-state index is 12.0. The van der Waals surface area contributed by atoms with E-state index in [0.29, 0.717) is 11.5 Å². The van der Waals surface area contributed by atoms with Crippen LogP contribution < -0.4 is 21.1 Å². The third-order valence-corrected chi connectivity index (χ3v) is 3.71. The van der Waals surface area contributed by atoms with E-state index >= 15 is 0 Å². The molecule has 3 heterocycles. The van der Waals surface area contributed by atoms with Gasteiger partial charge in [0.15, 0.2) is 5.15 Å². The summed E-state index contributed by atoms with van der Waals surface area (Å²) in [6, 6.07) is 5.34. The maximum absolute atomic E-state index is 12.0. The first kappa shape index (κ1) is 17.5. The van der Waals surface area contributed by atoms with Crippen LogP contribution in [0.5, 0.6) is 0 Å². The summed E-state index contributed by atoms with van der Waals surface area (Å²) >= 11 is 5.87. The molecule has 2 aromatic heterocycles. The molecule has 124 valence electrons. The van der Waals surface area contributed by atoms with Gasteiger partial charge in [0.1, 0.15) is 11.5 Å². The lowest BCUT2D eigenvalue weighted by Crippen LogP contribution is -2.43. The molecule has 0 aromatic carbocycles. The monoisotopic (exact) mass is 356 g/mol. The Labute approximate surface area is 145 Å². The first-order chi connectivity index (χ1) is 10.6. The summed E-state index contributed by atoms with van der Waals surface area (Å²) in [5.41, 5.74) is 1.18. The smallest absolute Gasteiger partial charge is 0.290 e. The van der Waals surface area contributed by atoms with Crippen molar-refractivity contribution in [1.29, 1.82) is 0 Å². The number of anilines is 3. The highest BCUT2D eigenvalue weighted by Crippen LogP contribution is 2.18. The summed E-state index contributed by atoms with van der Waals surface area (Å²) < 4.78 is 1.19. The minimum atomic E-state index is -0.252. The van der Waals surface area contributed by atoms with Gasteiger partial charge in [-0.25, -0.2) is 9.67 Å². The predicted octanol–water partition coefficient (Wildman–Crippen LogP) is 1.40. The highest BCUT2D eigenvalue weighted by atomic mass is 35.5. The van der Waals surface area contributed by atoms with E-state index in [0.717, 1.165) is 31.9 Å². The highest BCUT2D eigenvalue weighted by molar-refractivity contribution is 6.29. The molecule has 0 unspecified atom stereocenters. The van der Waals surface area contributed by atoms with Gasteiger partial charge in [-0.2, -0.15) is 5.10 Å². The van der Waals surface area contributed by atoms with Gasteiger partial charge in [0, 0.05) is 39.3 Å². The zero-order valence-corrected chi connectivity index (χ0v) is 14.2. The van der Waals surface area contributed by atoms with E-state index in [1.54, 1.807) is 13.2 Å². The standard InChI is InChI=1S/C14H17ClN6O.ClH/c1-20-14(22)11(8-12(15)19-20)18-13-3-2-10(9-17-13)21-6-4-16-5-7-21;/h2-3,8-9,16H,4-7H2,1H3,(H,17,18);1H. The molecule has 0 bridgehead atoms. The number of aryl methyl sites for hydroxylation is 1. The maximum Gasteiger partial charge on any atom is 0.290 e. The zero-order chi connectivity index (χ0) is 15.5. The molecule has 1 aliphatic rings. The molecule has 1 aliphatic heterocycles. The number of nitrogens with one attached hydrogen (secondary N) is 2. The molecule has 23 heavy (non-hydrogen) atoms. The topological polar surface area (TPSA) is 75.1 Å². The Morgan fingerprint density at radius 2 is 2.04 bits per heavy atom. The van der Waals surface area contributed by atoms with Gasteiger partial charge in [-0.05, 0) is 12.1 Å². The third kappa shape index (κ3) is 4.13. The highest BCUT2D eigenvalue weighted by Gasteiger charge is 2.11. The quantitative estimate of drug-likeness (QED) is 0.865. The number of halogens is 2. The average molecular weight is 357 g/mol. The van der Waals surface area contributed by atoms with Crippen LogP contribution in [0, 0.1) is 0 Å². The largest absolute Gasteiger partial charge is 0.368 e. The lowest BCUT2D eigenvalue weighted by Gasteiger charge is -2.29. The minimum Gasteiger partial charge on any atom is -0.368 e. The Hall–Kier alpha value is -1.83. The van der Waals surface area contributed by atoms with Crippen molar-refractivity contribution in [2.75, 3.05) is 36.4 Å². The number of nitrogens with zero attached hydrogens (tertiary/aromatic N) is 4. The molecule has 1 saturated heterocycles. The Bertz CT molecular complexity index is 712. The lowest BCUT2D eigenvalue weighted by molar-refractivity contribution is 0.589. The molecule has 0 atom stereocenters. The van der Waals surface area contributed by atoms with E-state index < -0.39 is 0 Å². The SMILES string of the molecule is Cl.Cn1nc(Cl)cc(Nc2ccc(N3CCNCC3)cn2)c1=O. The number of pyridine rings is 1. The number of hydrogen-bond acceptors (Lipinski definition) is 6. The average Bonchev–Trinajstić information content (AvgIpc) is 2.54. The fourth-order valence-corrected chi connectivity index (χ4v) is 2.59. The molecule has 0 saturated carbocycles. The fraction of sp³-hybridized carbons (Fsp3) is 0.357. The summed E-state index contributed by atoms with van der Waals surface area (Å²) in [7, 11) is 1.56. The first-order valence-corrected chi connectivity index (χ1v) is 7.44. The van der Waals surface area contributed by atoms with E-state index in [-0.39, 0.29) is 23.1 Å². The third-order valence-electron chi connectivity index (χ3n) is 3.53. The number of hydrogen-bond donors (Lipinski definition) is 2. The van der Waals surface area contributed by atoms with Crippen LogP contribution in [0.4, 0.5) is 17.2 Å². The summed E-state index contributed by atoms with van der Waals surface area (Å²) in [5.74, 6) is 0.596. The van der Waals surface area contributed by atoms with Crippen LogP contribution in [0.25, 0.3) is 0 Å². The van der Waals surface area contributed by atoms with E-state index in [4.69, 9.17) is 11.6 Å². The summed E-state index contributed by atoms with van der Waals surface area (Å²) in [6.45, 7) is 3.89. The van der Waals surface area contributed by atoms with Gasteiger partial charge in [0.2, 0.25) is 0 Å². The van der Waals surface area contributed by atoms with Crippen molar-refractivity contribution < 1.29 is 0 Å². The second-order valence-corrected chi connectivity index (χ2v) is 5.46. The van der Waals surface area contributed by atoms with Gasteiger partial charge >= 0.3 is 0 Å². The van der Waals surface area contributed by atoms with Crippen molar-refractivity contribution in [2.24, 2.45) is 7.05 Å². The molecule has 1 fully saturated rings. The van der Waals surface area contributed by atoms with Crippen LogP contribution in [-0.2, 0) is 7.05 Å². The first-order valence-electron chi connectivity index (χ1n) is 7.06. The zero-order valence-electron chi connectivity index (χ0n) is 12.6. The molecule has 2 aromatic rings. The molecule has 7 nitrogen and oxygen atoms in total. The van der Waals surface area contributed by atoms with Gasteiger partial charge < -0.3 is 15.5 Å². The molecular weight excluding hydrogens is 339 g/mol. The number of rotatable bonds is 3. The Kier molecular flexibility index (Phi) is 5.81. The van der Waals surface area contributed by atoms with Gasteiger partial charge in [0.25, 0.3) is 5.56 Å². The molecule has 0 spiro atoms. The normalized spacial score (nSPS) is 14.3. The molecule has 0 radical (unpaired) electrons. The van der Waals surface area contributed by atoms with Crippen LogP contribution in [0.2, 0.25) is 5.15 Å². The molecule has 3 rings (SSSR count). The molecule has 0 aliphatic carbocycles. The van der Waals surface area contributed by atoms with E-state index in [1.165, 1.54) is 10.7 Å². The van der Waals surface area contributed by atoms with Crippen molar-refractivity contribution >= 4 is 41.2 Å². The van der Waals surface area contributed by atoms with Crippen LogP contribution in [0.15, 0.2) is 29.2 Å². The number of aromatic nitrogens is 3. The van der Waals surface area contributed by atoms with Crippen LogP contribution >= 0.6 is 24.0 Å². The van der Waals surface area contributed by atoms with E-state index in [9.17, 15) is 4.79 Å². The van der Waals surface area contributed by atoms with Gasteiger partial charge in [-0.15, -0.1) is 12.4 Å². The summed E-state index contributed by atoms with van der Waals surface area (Å²) in [6.07, 6.45) is 1.81.